The van der Waals surface area contributed by atoms with E-state index in [0.717, 1.165) is 24.0 Å². The first kappa shape index (κ1) is 9.41. The monoisotopic (exact) mass is 186 g/mol. The van der Waals surface area contributed by atoms with Gasteiger partial charge in [0.05, 0.1) is 0 Å². The van der Waals surface area contributed by atoms with Gasteiger partial charge in [-0.2, -0.15) is 4.37 Å². The molecule has 1 aromatic rings. The number of aryl methyl sites for hydroxylation is 1. The highest BCUT2D eigenvalue weighted by molar-refractivity contribution is 7.09. The summed E-state index contributed by atoms with van der Waals surface area (Å²) in [6.07, 6.45) is 0. The molecule has 0 aliphatic carbocycles. The minimum absolute atomic E-state index is 0.840. The van der Waals surface area contributed by atoms with Crippen LogP contribution in [0.4, 0.5) is 5.13 Å². The Morgan fingerprint density at radius 3 is 2.75 bits per heavy atom. The van der Waals surface area contributed by atoms with E-state index in [1.54, 1.807) is 0 Å². The molecular weight excluding hydrogens is 172 g/mol. The number of likely N-dealkylation sites (N-methyl/N-ethyl adjacent to an activating group) is 1. The fraction of sp³-hybridized carbons (Fsp3) is 0.714. The number of rotatable bonds is 4. The molecule has 1 aromatic heterocycles. The van der Waals surface area contributed by atoms with Crippen molar-refractivity contribution < 1.29 is 0 Å². The SMILES string of the molecule is Cc1nsc(NCCN(C)C)n1. The van der Waals surface area contributed by atoms with Crippen LogP contribution in [0, 0.1) is 6.92 Å². The van der Waals surface area contributed by atoms with E-state index < -0.39 is 0 Å². The molecule has 0 aliphatic heterocycles. The molecule has 0 radical (unpaired) electrons. The molecule has 0 bridgehead atoms. The maximum atomic E-state index is 4.19. The number of nitrogens with one attached hydrogen (secondary N) is 1. The smallest absolute Gasteiger partial charge is 0.202 e. The van der Waals surface area contributed by atoms with Gasteiger partial charge in [-0.1, -0.05) is 0 Å². The maximum Gasteiger partial charge on any atom is 0.202 e. The summed E-state index contributed by atoms with van der Waals surface area (Å²) in [5.41, 5.74) is 0. The Labute approximate surface area is 76.8 Å². The van der Waals surface area contributed by atoms with E-state index in [9.17, 15) is 0 Å². The second kappa shape index (κ2) is 4.37. The summed E-state index contributed by atoms with van der Waals surface area (Å²) in [7, 11) is 4.10. The van der Waals surface area contributed by atoms with Crippen molar-refractivity contribution in [1.82, 2.24) is 14.3 Å². The zero-order chi connectivity index (χ0) is 8.97. The van der Waals surface area contributed by atoms with E-state index >= 15 is 0 Å². The number of anilines is 1. The second-order valence-corrected chi connectivity index (χ2v) is 3.63. The summed E-state index contributed by atoms with van der Waals surface area (Å²) in [5, 5.41) is 4.11. The third-order valence-corrected chi connectivity index (χ3v) is 2.13. The molecule has 0 aromatic carbocycles. The third-order valence-electron chi connectivity index (χ3n) is 1.36. The first-order valence-corrected chi connectivity index (χ1v) is 4.65. The van der Waals surface area contributed by atoms with Gasteiger partial charge in [0.25, 0.3) is 0 Å². The fourth-order valence-electron chi connectivity index (χ4n) is 0.755. The molecule has 0 amide bonds. The molecule has 0 atom stereocenters. The molecule has 1 N–H and O–H groups in total. The number of hydrogen-bond acceptors (Lipinski definition) is 5. The average Bonchev–Trinajstić information content (AvgIpc) is 2.35. The Morgan fingerprint density at radius 2 is 2.25 bits per heavy atom. The molecule has 0 fully saturated rings. The van der Waals surface area contributed by atoms with Crippen molar-refractivity contribution in [1.29, 1.82) is 0 Å². The van der Waals surface area contributed by atoms with Gasteiger partial charge < -0.3 is 10.2 Å². The van der Waals surface area contributed by atoms with Crippen molar-refractivity contribution in [3.63, 3.8) is 0 Å². The zero-order valence-corrected chi connectivity index (χ0v) is 8.48. The Balaban J connectivity index is 2.24. The lowest BCUT2D eigenvalue weighted by Crippen LogP contribution is -2.20. The van der Waals surface area contributed by atoms with Crippen LogP contribution >= 0.6 is 11.5 Å². The number of nitrogens with zero attached hydrogens (tertiary/aromatic N) is 3. The van der Waals surface area contributed by atoms with Crippen LogP contribution in [0.1, 0.15) is 5.82 Å². The van der Waals surface area contributed by atoms with Gasteiger partial charge in [0.15, 0.2) is 0 Å². The Morgan fingerprint density at radius 1 is 1.50 bits per heavy atom. The number of hydrogen-bond donors (Lipinski definition) is 1. The molecule has 0 aliphatic rings. The van der Waals surface area contributed by atoms with E-state index in [1.807, 2.05) is 21.0 Å². The summed E-state index contributed by atoms with van der Waals surface area (Å²) in [6.45, 7) is 3.83. The lowest BCUT2D eigenvalue weighted by molar-refractivity contribution is 0.425. The average molecular weight is 186 g/mol. The Kier molecular flexibility index (Phi) is 3.43. The predicted molar refractivity (Wildman–Crippen MR) is 51.7 cm³/mol. The minimum Gasteiger partial charge on any atom is -0.359 e. The van der Waals surface area contributed by atoms with Crippen LogP contribution in [0.3, 0.4) is 0 Å². The number of aromatic nitrogens is 2. The van der Waals surface area contributed by atoms with Gasteiger partial charge in [-0.3, -0.25) is 0 Å². The minimum atomic E-state index is 0.840. The van der Waals surface area contributed by atoms with Crippen LogP contribution < -0.4 is 5.32 Å². The summed E-state index contributed by atoms with van der Waals surface area (Å²) in [6, 6.07) is 0. The summed E-state index contributed by atoms with van der Waals surface area (Å²) in [5.74, 6) is 0.840. The highest BCUT2D eigenvalue weighted by atomic mass is 32.1. The molecule has 68 valence electrons. The quantitative estimate of drug-likeness (QED) is 0.756. The lowest BCUT2D eigenvalue weighted by Gasteiger charge is -2.08. The third kappa shape index (κ3) is 3.15. The van der Waals surface area contributed by atoms with Crippen LogP contribution in [-0.4, -0.2) is 41.4 Å². The molecule has 1 rings (SSSR count). The lowest BCUT2D eigenvalue weighted by atomic mass is 10.6. The molecule has 0 unspecified atom stereocenters. The van der Waals surface area contributed by atoms with Gasteiger partial charge in [-0.25, -0.2) is 4.98 Å². The van der Waals surface area contributed by atoms with Gasteiger partial charge in [-0.05, 0) is 21.0 Å². The molecule has 5 heteroatoms. The Bertz CT molecular complexity index is 233. The largest absolute Gasteiger partial charge is 0.359 e. The van der Waals surface area contributed by atoms with Gasteiger partial charge in [0.2, 0.25) is 5.13 Å². The Hall–Kier alpha value is -0.680. The summed E-state index contributed by atoms with van der Waals surface area (Å²) in [4.78, 5) is 6.31. The van der Waals surface area contributed by atoms with Crippen molar-refractivity contribution >= 4 is 16.7 Å². The van der Waals surface area contributed by atoms with Gasteiger partial charge in [-0.15, -0.1) is 0 Å². The molecule has 4 nitrogen and oxygen atoms in total. The van der Waals surface area contributed by atoms with Crippen LogP contribution in [0.2, 0.25) is 0 Å². The van der Waals surface area contributed by atoms with E-state index in [1.165, 1.54) is 11.5 Å². The van der Waals surface area contributed by atoms with E-state index in [-0.39, 0.29) is 0 Å². The predicted octanol–water partition coefficient (Wildman–Crippen LogP) is 0.820. The first-order valence-electron chi connectivity index (χ1n) is 3.87. The second-order valence-electron chi connectivity index (χ2n) is 2.88. The van der Waals surface area contributed by atoms with Crippen LogP contribution in [0.25, 0.3) is 0 Å². The first-order chi connectivity index (χ1) is 5.68. The molecule has 12 heavy (non-hydrogen) atoms. The van der Waals surface area contributed by atoms with E-state index in [0.29, 0.717) is 0 Å². The van der Waals surface area contributed by atoms with Crippen LogP contribution in [0.5, 0.6) is 0 Å². The standard InChI is InChI=1S/C7H14N4S/c1-6-9-7(12-10-6)8-4-5-11(2)3/h4-5H2,1-3H3,(H,8,9,10). The summed E-state index contributed by atoms with van der Waals surface area (Å²) >= 11 is 1.41. The molecule has 1 heterocycles. The molecule has 0 saturated carbocycles. The highest BCUT2D eigenvalue weighted by Crippen LogP contribution is 2.08. The van der Waals surface area contributed by atoms with Gasteiger partial charge in [0, 0.05) is 24.6 Å². The zero-order valence-electron chi connectivity index (χ0n) is 7.66. The van der Waals surface area contributed by atoms with Crippen molar-refractivity contribution in [2.45, 2.75) is 6.92 Å². The molecular formula is C7H14N4S. The molecule has 0 spiro atoms. The van der Waals surface area contributed by atoms with E-state index in [4.69, 9.17) is 0 Å². The molecule has 0 saturated heterocycles. The van der Waals surface area contributed by atoms with Crippen molar-refractivity contribution in [2.75, 3.05) is 32.5 Å². The van der Waals surface area contributed by atoms with Crippen molar-refractivity contribution in [2.24, 2.45) is 0 Å². The van der Waals surface area contributed by atoms with Gasteiger partial charge in [0.1, 0.15) is 5.82 Å². The van der Waals surface area contributed by atoms with Crippen LogP contribution in [-0.2, 0) is 0 Å². The highest BCUT2D eigenvalue weighted by Gasteiger charge is 1.97. The van der Waals surface area contributed by atoms with Crippen molar-refractivity contribution in [3.05, 3.63) is 5.82 Å². The van der Waals surface area contributed by atoms with Gasteiger partial charge >= 0.3 is 0 Å². The van der Waals surface area contributed by atoms with Crippen LogP contribution in [0.15, 0.2) is 0 Å². The van der Waals surface area contributed by atoms with E-state index in [2.05, 4.69) is 19.6 Å². The topological polar surface area (TPSA) is 41.1 Å². The maximum absolute atomic E-state index is 4.19. The summed E-state index contributed by atoms with van der Waals surface area (Å²) < 4.78 is 4.07. The van der Waals surface area contributed by atoms with Crippen molar-refractivity contribution in [3.8, 4) is 0 Å². The fourth-order valence-corrected chi connectivity index (χ4v) is 1.35. The normalized spacial score (nSPS) is 10.7.